The highest BCUT2D eigenvalue weighted by Gasteiger charge is 2.14. The summed E-state index contributed by atoms with van der Waals surface area (Å²) in [6.07, 6.45) is 0. The molecule has 0 N–H and O–H groups in total. The summed E-state index contributed by atoms with van der Waals surface area (Å²) < 4.78 is 14.4. The van der Waals surface area contributed by atoms with E-state index in [1.54, 1.807) is 18.7 Å². The molecule has 154 valence electrons. The Labute approximate surface area is 174 Å². The first-order valence-electron chi connectivity index (χ1n) is 9.56. The standard InChI is InChI=1S/C22H24N6O2/c1-13-9-14(2)21(15(3)10-13)23-20-12-17(28-22(27(20)4)24-25-26-28)16-7-8-18(29-5)19(11-16)30-6/h7-12H,1-6H3/b23-20-. The lowest BCUT2D eigenvalue weighted by molar-refractivity contribution is 0.355. The molecule has 0 amide bonds. The quantitative estimate of drug-likeness (QED) is 0.521. The maximum Gasteiger partial charge on any atom is 0.255 e. The molecule has 2 heterocycles. The van der Waals surface area contributed by atoms with Crippen LogP contribution in [0.1, 0.15) is 16.7 Å². The minimum absolute atomic E-state index is 0.587. The van der Waals surface area contributed by atoms with Crippen molar-refractivity contribution in [3.05, 3.63) is 58.6 Å². The van der Waals surface area contributed by atoms with E-state index in [2.05, 4.69) is 48.4 Å². The van der Waals surface area contributed by atoms with Crippen LogP contribution < -0.4 is 15.0 Å². The third-order valence-corrected chi connectivity index (χ3v) is 5.13. The van der Waals surface area contributed by atoms with Crippen molar-refractivity contribution >= 4 is 11.5 Å². The van der Waals surface area contributed by atoms with Crippen molar-refractivity contribution in [3.63, 3.8) is 0 Å². The van der Waals surface area contributed by atoms with Crippen molar-refractivity contribution in [2.45, 2.75) is 20.8 Å². The van der Waals surface area contributed by atoms with Gasteiger partial charge >= 0.3 is 0 Å². The van der Waals surface area contributed by atoms with Crippen LogP contribution in [0.3, 0.4) is 0 Å². The molecule has 4 rings (SSSR count). The molecular formula is C22H24N6O2. The average molecular weight is 404 g/mol. The Kier molecular flexibility index (Phi) is 4.99. The Morgan fingerprint density at radius 1 is 0.900 bits per heavy atom. The Bertz CT molecular complexity index is 1300. The Hall–Kier alpha value is -3.68. The number of nitrogens with zero attached hydrogens (tertiary/aromatic N) is 6. The molecule has 2 aromatic heterocycles. The molecular weight excluding hydrogens is 380 g/mol. The topological polar surface area (TPSA) is 78.8 Å². The van der Waals surface area contributed by atoms with E-state index < -0.39 is 0 Å². The van der Waals surface area contributed by atoms with E-state index in [0.717, 1.165) is 33.6 Å². The van der Waals surface area contributed by atoms with Crippen LogP contribution in [0.4, 0.5) is 5.69 Å². The summed E-state index contributed by atoms with van der Waals surface area (Å²) in [6, 6.07) is 12.0. The lowest BCUT2D eigenvalue weighted by Crippen LogP contribution is -2.21. The van der Waals surface area contributed by atoms with Gasteiger partial charge in [0.1, 0.15) is 5.49 Å². The average Bonchev–Trinajstić information content (AvgIpc) is 3.22. The molecule has 8 nitrogen and oxygen atoms in total. The van der Waals surface area contributed by atoms with Gasteiger partial charge in [-0.15, -0.1) is 0 Å². The normalized spacial score (nSPS) is 11.9. The maximum absolute atomic E-state index is 5.47. The number of aromatic nitrogens is 5. The summed E-state index contributed by atoms with van der Waals surface area (Å²) in [5.41, 5.74) is 6.86. The van der Waals surface area contributed by atoms with Gasteiger partial charge in [0.25, 0.3) is 5.78 Å². The highest BCUT2D eigenvalue weighted by Crippen LogP contribution is 2.32. The number of methoxy groups -OCH3 is 2. The summed E-state index contributed by atoms with van der Waals surface area (Å²) in [7, 11) is 5.13. The van der Waals surface area contributed by atoms with Gasteiger partial charge < -0.3 is 9.47 Å². The van der Waals surface area contributed by atoms with E-state index >= 15 is 0 Å². The first kappa shape index (κ1) is 19.6. The second-order valence-corrected chi connectivity index (χ2v) is 7.27. The van der Waals surface area contributed by atoms with Crippen molar-refractivity contribution in [2.75, 3.05) is 14.2 Å². The number of tetrazole rings is 1. The second-order valence-electron chi connectivity index (χ2n) is 7.27. The van der Waals surface area contributed by atoms with Crippen molar-refractivity contribution in [3.8, 4) is 22.8 Å². The third-order valence-electron chi connectivity index (χ3n) is 5.13. The molecule has 8 heteroatoms. The van der Waals surface area contributed by atoms with Crippen LogP contribution in [0, 0.1) is 20.8 Å². The molecule has 0 fully saturated rings. The first-order chi connectivity index (χ1) is 14.4. The van der Waals surface area contributed by atoms with Gasteiger partial charge in [0.2, 0.25) is 0 Å². The summed E-state index contributed by atoms with van der Waals surface area (Å²) in [6.45, 7) is 6.24. The van der Waals surface area contributed by atoms with E-state index in [0.29, 0.717) is 17.3 Å². The summed E-state index contributed by atoms with van der Waals surface area (Å²) in [4.78, 5) is 4.97. The number of ether oxygens (including phenoxy) is 2. The second kappa shape index (κ2) is 7.62. The fourth-order valence-corrected chi connectivity index (χ4v) is 3.70. The van der Waals surface area contributed by atoms with Crippen LogP contribution in [0.15, 0.2) is 41.4 Å². The smallest absolute Gasteiger partial charge is 0.255 e. The van der Waals surface area contributed by atoms with Gasteiger partial charge in [0.05, 0.1) is 25.6 Å². The number of hydrogen-bond acceptors (Lipinski definition) is 6. The van der Waals surface area contributed by atoms with E-state index in [4.69, 9.17) is 14.5 Å². The Balaban J connectivity index is 2.00. The lowest BCUT2D eigenvalue weighted by atomic mass is 10.1. The van der Waals surface area contributed by atoms with Gasteiger partial charge in [-0.3, -0.25) is 4.57 Å². The predicted molar refractivity (Wildman–Crippen MR) is 114 cm³/mol. The summed E-state index contributed by atoms with van der Waals surface area (Å²) in [5.74, 6) is 1.88. The zero-order chi connectivity index (χ0) is 21.4. The molecule has 30 heavy (non-hydrogen) atoms. The van der Waals surface area contributed by atoms with Crippen molar-refractivity contribution in [1.82, 2.24) is 24.6 Å². The van der Waals surface area contributed by atoms with E-state index in [-0.39, 0.29) is 0 Å². The minimum atomic E-state index is 0.587. The van der Waals surface area contributed by atoms with E-state index in [9.17, 15) is 0 Å². The zero-order valence-corrected chi connectivity index (χ0v) is 18.0. The number of fused-ring (bicyclic) bond motifs is 1. The van der Waals surface area contributed by atoms with Crippen molar-refractivity contribution in [1.29, 1.82) is 0 Å². The molecule has 0 unspecified atom stereocenters. The highest BCUT2D eigenvalue weighted by molar-refractivity contribution is 5.65. The molecule has 0 aliphatic carbocycles. The molecule has 0 saturated carbocycles. The zero-order valence-electron chi connectivity index (χ0n) is 18.0. The number of benzene rings is 2. The van der Waals surface area contributed by atoms with Gasteiger partial charge in [-0.2, -0.15) is 4.52 Å². The monoisotopic (exact) mass is 404 g/mol. The Morgan fingerprint density at radius 2 is 1.60 bits per heavy atom. The fourth-order valence-electron chi connectivity index (χ4n) is 3.70. The van der Waals surface area contributed by atoms with Gasteiger partial charge in [-0.05, 0) is 60.5 Å². The minimum Gasteiger partial charge on any atom is -0.493 e. The van der Waals surface area contributed by atoms with Gasteiger partial charge in [-0.1, -0.05) is 22.8 Å². The molecule has 0 atom stereocenters. The predicted octanol–water partition coefficient (Wildman–Crippen LogP) is 3.30. The number of aryl methyl sites for hydroxylation is 4. The van der Waals surface area contributed by atoms with E-state index in [1.807, 2.05) is 35.9 Å². The maximum atomic E-state index is 5.47. The SMILES string of the molecule is COc1ccc(-c2c/c(=N/c3c(C)cc(C)cc3C)n(C)c3nnnn23)cc1OC. The lowest BCUT2D eigenvalue weighted by Gasteiger charge is -2.12. The van der Waals surface area contributed by atoms with Crippen LogP contribution in [-0.2, 0) is 7.05 Å². The molecule has 0 bridgehead atoms. The molecule has 0 aliphatic rings. The van der Waals surface area contributed by atoms with Crippen molar-refractivity contribution < 1.29 is 9.47 Å². The van der Waals surface area contributed by atoms with Gasteiger partial charge in [0, 0.05) is 18.7 Å². The third kappa shape index (κ3) is 3.30. The van der Waals surface area contributed by atoms with Crippen LogP contribution in [0.5, 0.6) is 11.5 Å². The highest BCUT2D eigenvalue weighted by atomic mass is 16.5. The van der Waals surface area contributed by atoms with E-state index in [1.165, 1.54) is 5.56 Å². The van der Waals surface area contributed by atoms with Gasteiger partial charge in [-0.25, -0.2) is 4.99 Å². The van der Waals surface area contributed by atoms with Crippen LogP contribution in [0.2, 0.25) is 0 Å². The fraction of sp³-hybridized carbons (Fsp3) is 0.273. The van der Waals surface area contributed by atoms with Crippen LogP contribution in [-0.4, -0.2) is 38.8 Å². The molecule has 0 spiro atoms. The number of hydrogen-bond donors (Lipinski definition) is 0. The largest absolute Gasteiger partial charge is 0.493 e. The Morgan fingerprint density at radius 3 is 2.27 bits per heavy atom. The van der Waals surface area contributed by atoms with Gasteiger partial charge in [0.15, 0.2) is 11.5 Å². The number of rotatable bonds is 4. The molecule has 2 aromatic carbocycles. The first-order valence-corrected chi connectivity index (χ1v) is 9.56. The molecule has 4 aromatic rings. The van der Waals surface area contributed by atoms with Crippen molar-refractivity contribution in [2.24, 2.45) is 12.0 Å². The molecule has 0 saturated heterocycles. The van der Waals surface area contributed by atoms with Crippen LogP contribution in [0.25, 0.3) is 17.0 Å². The summed E-state index contributed by atoms with van der Waals surface area (Å²) in [5, 5.41) is 12.2. The van der Waals surface area contributed by atoms with Crippen LogP contribution >= 0.6 is 0 Å². The molecule has 0 aliphatic heterocycles. The summed E-state index contributed by atoms with van der Waals surface area (Å²) >= 11 is 0. The molecule has 0 radical (unpaired) electrons.